The maximum absolute atomic E-state index is 12.6. The van der Waals surface area contributed by atoms with E-state index in [1.165, 1.54) is 0 Å². The van der Waals surface area contributed by atoms with Crippen LogP contribution in [0.2, 0.25) is 5.02 Å². The second-order valence-electron chi connectivity index (χ2n) is 4.93. The summed E-state index contributed by atoms with van der Waals surface area (Å²) in [7, 11) is 0. The van der Waals surface area contributed by atoms with E-state index in [1.807, 2.05) is 11.8 Å². The molecule has 116 valence electrons. The maximum atomic E-state index is 12.6. The molecule has 1 aliphatic heterocycles. The largest absolute Gasteiger partial charge is 0.493 e. The average Bonchev–Trinajstić information content (AvgIpc) is 2.48. The van der Waals surface area contributed by atoms with E-state index in [4.69, 9.17) is 21.4 Å². The van der Waals surface area contributed by atoms with Gasteiger partial charge in [-0.15, -0.1) is 0 Å². The number of hydrogen-bond donors (Lipinski definition) is 1. The quantitative estimate of drug-likeness (QED) is 0.895. The Morgan fingerprint density at radius 3 is 2.67 bits per heavy atom. The number of halogens is 1. The third-order valence-corrected chi connectivity index (χ3v) is 3.78. The first-order chi connectivity index (χ1) is 10.2. The van der Waals surface area contributed by atoms with Gasteiger partial charge in [0.05, 0.1) is 18.8 Å². The molecule has 1 N–H and O–H groups in total. The fraction of sp³-hybridized carbons (Fsp3) is 0.533. The molecule has 1 saturated heterocycles. The second-order valence-corrected chi connectivity index (χ2v) is 5.37. The zero-order valence-electron chi connectivity index (χ0n) is 12.2. The van der Waals surface area contributed by atoms with Crippen LogP contribution in [-0.2, 0) is 0 Å². The lowest BCUT2D eigenvalue weighted by molar-refractivity contribution is 0.0611. The summed E-state index contributed by atoms with van der Waals surface area (Å²) < 4.78 is 5.51. The minimum absolute atomic E-state index is 0.0289. The van der Waals surface area contributed by atoms with Crippen LogP contribution in [0.3, 0.4) is 0 Å². The summed E-state index contributed by atoms with van der Waals surface area (Å²) >= 11 is 5.96. The maximum Gasteiger partial charge on any atom is 0.257 e. The van der Waals surface area contributed by atoms with Crippen molar-refractivity contribution < 1.29 is 14.6 Å². The van der Waals surface area contributed by atoms with Gasteiger partial charge in [0.25, 0.3) is 5.91 Å². The summed E-state index contributed by atoms with van der Waals surface area (Å²) in [6.07, 6.45) is 0. The van der Waals surface area contributed by atoms with Crippen molar-refractivity contribution in [3.63, 3.8) is 0 Å². The number of carbonyl (C=O) groups is 1. The third-order valence-electron chi connectivity index (χ3n) is 3.55. The van der Waals surface area contributed by atoms with E-state index in [1.54, 1.807) is 18.2 Å². The van der Waals surface area contributed by atoms with Crippen LogP contribution in [0.15, 0.2) is 18.2 Å². The average molecular weight is 313 g/mol. The van der Waals surface area contributed by atoms with Crippen molar-refractivity contribution >= 4 is 17.5 Å². The third kappa shape index (κ3) is 4.09. The van der Waals surface area contributed by atoms with E-state index >= 15 is 0 Å². The molecule has 0 aliphatic carbocycles. The summed E-state index contributed by atoms with van der Waals surface area (Å²) in [5.41, 5.74) is 0.553. The number of carbonyl (C=O) groups excluding carboxylic acids is 1. The standard InChI is InChI=1S/C15H21ClN2O3/c1-2-21-14-11-12(16)3-4-13(14)15(20)18-7-5-17(6-8-18)9-10-19/h3-4,11,19H,2,5-10H2,1H3. The molecule has 0 radical (unpaired) electrons. The fourth-order valence-corrected chi connectivity index (χ4v) is 2.60. The van der Waals surface area contributed by atoms with E-state index in [0.717, 1.165) is 13.1 Å². The smallest absolute Gasteiger partial charge is 0.257 e. The normalized spacial score (nSPS) is 16.0. The van der Waals surface area contributed by atoms with Crippen LogP contribution in [0.25, 0.3) is 0 Å². The van der Waals surface area contributed by atoms with E-state index in [-0.39, 0.29) is 12.5 Å². The number of rotatable bonds is 5. The molecule has 1 amide bonds. The summed E-state index contributed by atoms with van der Waals surface area (Å²) in [5, 5.41) is 9.50. The van der Waals surface area contributed by atoms with Gasteiger partial charge in [-0.1, -0.05) is 11.6 Å². The molecule has 21 heavy (non-hydrogen) atoms. The Balaban J connectivity index is 2.07. The lowest BCUT2D eigenvalue weighted by Crippen LogP contribution is -2.49. The minimum Gasteiger partial charge on any atom is -0.493 e. The van der Waals surface area contributed by atoms with Gasteiger partial charge in [-0.2, -0.15) is 0 Å². The number of benzene rings is 1. The second kappa shape index (κ2) is 7.64. The summed E-state index contributed by atoms with van der Waals surface area (Å²) in [6.45, 7) is 6.06. The number of amides is 1. The van der Waals surface area contributed by atoms with Crippen LogP contribution in [0, 0.1) is 0 Å². The van der Waals surface area contributed by atoms with Gasteiger partial charge in [-0.25, -0.2) is 0 Å². The molecule has 1 aliphatic rings. The Hall–Kier alpha value is -1.30. The molecule has 1 aromatic carbocycles. The number of nitrogens with zero attached hydrogens (tertiary/aromatic N) is 2. The van der Waals surface area contributed by atoms with E-state index < -0.39 is 0 Å². The number of piperazine rings is 1. The van der Waals surface area contributed by atoms with Crippen LogP contribution in [-0.4, -0.2) is 66.8 Å². The summed E-state index contributed by atoms with van der Waals surface area (Å²) in [5.74, 6) is 0.506. The summed E-state index contributed by atoms with van der Waals surface area (Å²) in [4.78, 5) is 16.6. The van der Waals surface area contributed by atoms with Gasteiger partial charge in [0.1, 0.15) is 5.75 Å². The van der Waals surface area contributed by atoms with Gasteiger partial charge in [-0.05, 0) is 25.1 Å². The fourth-order valence-electron chi connectivity index (χ4n) is 2.43. The molecular formula is C15H21ClN2O3. The first-order valence-electron chi connectivity index (χ1n) is 7.20. The van der Waals surface area contributed by atoms with Gasteiger partial charge in [-0.3, -0.25) is 9.69 Å². The van der Waals surface area contributed by atoms with Crippen molar-refractivity contribution in [1.29, 1.82) is 0 Å². The number of aliphatic hydroxyl groups excluding tert-OH is 1. The zero-order chi connectivity index (χ0) is 15.2. The SMILES string of the molecule is CCOc1cc(Cl)ccc1C(=O)N1CCN(CCO)CC1. The van der Waals surface area contributed by atoms with Crippen molar-refractivity contribution in [2.45, 2.75) is 6.92 Å². The molecule has 2 rings (SSSR count). The van der Waals surface area contributed by atoms with Crippen molar-refractivity contribution in [2.24, 2.45) is 0 Å². The van der Waals surface area contributed by atoms with Gasteiger partial charge in [0, 0.05) is 37.7 Å². The molecule has 1 aromatic rings. The summed E-state index contributed by atoms with van der Waals surface area (Å²) in [6, 6.07) is 5.11. The topological polar surface area (TPSA) is 53.0 Å². The number of aliphatic hydroxyl groups is 1. The van der Waals surface area contributed by atoms with Crippen LogP contribution >= 0.6 is 11.6 Å². The highest BCUT2D eigenvalue weighted by atomic mass is 35.5. The molecule has 0 unspecified atom stereocenters. The first kappa shape index (κ1) is 16.1. The Morgan fingerprint density at radius 2 is 2.05 bits per heavy atom. The van der Waals surface area contributed by atoms with Crippen LogP contribution in [0.5, 0.6) is 5.75 Å². The molecule has 0 spiro atoms. The molecule has 5 nitrogen and oxygen atoms in total. The molecular weight excluding hydrogens is 292 g/mol. The monoisotopic (exact) mass is 312 g/mol. The molecule has 0 aromatic heterocycles. The number of ether oxygens (including phenoxy) is 1. The Morgan fingerprint density at radius 1 is 1.33 bits per heavy atom. The first-order valence-corrected chi connectivity index (χ1v) is 7.58. The molecule has 1 heterocycles. The number of hydrogen-bond acceptors (Lipinski definition) is 4. The minimum atomic E-state index is -0.0289. The Kier molecular flexibility index (Phi) is 5.85. The van der Waals surface area contributed by atoms with E-state index in [9.17, 15) is 4.79 Å². The lowest BCUT2D eigenvalue weighted by atomic mass is 10.1. The highest BCUT2D eigenvalue weighted by Gasteiger charge is 2.24. The van der Waals surface area contributed by atoms with Gasteiger partial charge >= 0.3 is 0 Å². The predicted molar refractivity (Wildman–Crippen MR) is 82.1 cm³/mol. The van der Waals surface area contributed by atoms with Crippen molar-refractivity contribution in [3.05, 3.63) is 28.8 Å². The highest BCUT2D eigenvalue weighted by molar-refractivity contribution is 6.30. The molecule has 1 fully saturated rings. The van der Waals surface area contributed by atoms with Gasteiger partial charge in [0.15, 0.2) is 0 Å². The van der Waals surface area contributed by atoms with Crippen molar-refractivity contribution in [2.75, 3.05) is 45.9 Å². The Bertz CT molecular complexity index is 488. The predicted octanol–water partition coefficient (Wildman–Crippen LogP) is 1.49. The zero-order valence-corrected chi connectivity index (χ0v) is 13.0. The lowest BCUT2D eigenvalue weighted by Gasteiger charge is -2.34. The van der Waals surface area contributed by atoms with Gasteiger partial charge in [0.2, 0.25) is 0 Å². The Labute approximate surface area is 130 Å². The molecule has 0 saturated carbocycles. The van der Waals surface area contributed by atoms with E-state index in [2.05, 4.69) is 4.90 Å². The number of β-amino-alcohol motifs (C(OH)–C–C–N with tert-alkyl or cyclic N) is 1. The van der Waals surface area contributed by atoms with Crippen molar-refractivity contribution in [3.8, 4) is 5.75 Å². The van der Waals surface area contributed by atoms with Crippen LogP contribution < -0.4 is 4.74 Å². The highest BCUT2D eigenvalue weighted by Crippen LogP contribution is 2.25. The molecule has 0 bridgehead atoms. The molecule has 0 atom stereocenters. The van der Waals surface area contributed by atoms with Crippen LogP contribution in [0.1, 0.15) is 17.3 Å². The van der Waals surface area contributed by atoms with Crippen LogP contribution in [0.4, 0.5) is 0 Å². The van der Waals surface area contributed by atoms with Gasteiger partial charge < -0.3 is 14.7 Å². The van der Waals surface area contributed by atoms with E-state index in [0.29, 0.717) is 42.6 Å². The molecule has 6 heteroatoms. The van der Waals surface area contributed by atoms with Crippen molar-refractivity contribution in [1.82, 2.24) is 9.80 Å².